The normalized spacial score (nSPS) is 16.9. The molecular weight excluding hydrogens is 368 g/mol. The van der Waals surface area contributed by atoms with Gasteiger partial charge in [0.15, 0.2) is 0 Å². The molecule has 1 fully saturated rings. The zero-order chi connectivity index (χ0) is 21.0. The minimum absolute atomic E-state index is 0.182. The fourth-order valence-corrected chi connectivity index (χ4v) is 4.05. The number of aliphatic hydroxyl groups excluding tert-OH is 1. The molecule has 0 amide bonds. The van der Waals surface area contributed by atoms with E-state index >= 15 is 0 Å². The Morgan fingerprint density at radius 3 is 2.55 bits per heavy atom. The van der Waals surface area contributed by atoms with Crippen molar-refractivity contribution in [2.75, 3.05) is 27.3 Å². The van der Waals surface area contributed by atoms with E-state index in [-0.39, 0.29) is 6.10 Å². The molecule has 1 aliphatic heterocycles. The molecule has 1 N–H and O–H groups in total. The van der Waals surface area contributed by atoms with Gasteiger partial charge in [-0.05, 0) is 69.3 Å². The van der Waals surface area contributed by atoms with Crippen molar-refractivity contribution in [1.82, 2.24) is 9.88 Å². The zero-order valence-corrected chi connectivity index (χ0v) is 18.3. The van der Waals surface area contributed by atoms with Gasteiger partial charge in [0.1, 0.15) is 17.3 Å². The van der Waals surface area contributed by atoms with E-state index in [2.05, 4.69) is 18.7 Å². The molecule has 1 aliphatic rings. The number of methoxy groups -OCH3 is 2. The Labute approximate surface area is 173 Å². The first kappa shape index (κ1) is 21.7. The van der Waals surface area contributed by atoms with Crippen molar-refractivity contribution < 1.29 is 19.0 Å². The van der Waals surface area contributed by atoms with Gasteiger partial charge in [-0.25, -0.2) is 4.98 Å². The first-order valence-corrected chi connectivity index (χ1v) is 10.5. The summed E-state index contributed by atoms with van der Waals surface area (Å²) in [7, 11) is 3.28. The van der Waals surface area contributed by atoms with Gasteiger partial charge in [0, 0.05) is 6.54 Å². The maximum Gasteiger partial charge on any atom is 0.230 e. The predicted molar refractivity (Wildman–Crippen MR) is 113 cm³/mol. The molecule has 29 heavy (non-hydrogen) atoms. The fourth-order valence-electron chi connectivity index (χ4n) is 4.05. The number of nitrogens with zero attached hydrogens (tertiary/aromatic N) is 2. The van der Waals surface area contributed by atoms with Crippen LogP contribution in [-0.2, 0) is 6.54 Å². The average Bonchev–Trinajstić information content (AvgIpc) is 3.07. The molecule has 160 valence electrons. The summed E-state index contributed by atoms with van der Waals surface area (Å²) in [6.07, 6.45) is 2.76. The number of aliphatic hydroxyl groups is 1. The van der Waals surface area contributed by atoms with E-state index < -0.39 is 0 Å². The van der Waals surface area contributed by atoms with E-state index in [1.807, 2.05) is 25.1 Å². The Balaban J connectivity index is 1.67. The Morgan fingerprint density at radius 2 is 1.93 bits per heavy atom. The highest BCUT2D eigenvalue weighted by Crippen LogP contribution is 2.34. The lowest BCUT2D eigenvalue weighted by Crippen LogP contribution is -2.38. The molecule has 3 rings (SSSR count). The third kappa shape index (κ3) is 5.31. The topological polar surface area (TPSA) is 68.0 Å². The largest absolute Gasteiger partial charge is 0.497 e. The van der Waals surface area contributed by atoms with E-state index in [0.29, 0.717) is 23.5 Å². The maximum absolute atomic E-state index is 10.4. The molecular formula is C23H34N2O4. The SMILES string of the molecule is COc1ccc(OC)c(-c2nc(CN3CCC(C(O)CC(C)C)CC3)c(C)o2)c1. The summed E-state index contributed by atoms with van der Waals surface area (Å²) in [6, 6.07) is 5.60. The van der Waals surface area contributed by atoms with Crippen molar-refractivity contribution in [3.63, 3.8) is 0 Å². The van der Waals surface area contributed by atoms with Gasteiger partial charge in [-0.15, -0.1) is 0 Å². The van der Waals surface area contributed by atoms with Crippen LogP contribution in [0.5, 0.6) is 11.5 Å². The number of likely N-dealkylation sites (tertiary alicyclic amines) is 1. The van der Waals surface area contributed by atoms with E-state index in [9.17, 15) is 5.11 Å². The fraction of sp³-hybridized carbons (Fsp3) is 0.609. The highest BCUT2D eigenvalue weighted by atomic mass is 16.5. The van der Waals surface area contributed by atoms with Crippen LogP contribution in [0.1, 0.15) is 44.6 Å². The molecule has 1 aromatic heterocycles. The van der Waals surface area contributed by atoms with Crippen molar-refractivity contribution in [3.8, 4) is 23.0 Å². The van der Waals surface area contributed by atoms with Crippen LogP contribution >= 0.6 is 0 Å². The molecule has 1 saturated heterocycles. The van der Waals surface area contributed by atoms with Crippen LogP contribution in [-0.4, -0.2) is 48.4 Å². The molecule has 1 aromatic carbocycles. The second-order valence-electron chi connectivity index (χ2n) is 8.40. The van der Waals surface area contributed by atoms with Crippen molar-refractivity contribution >= 4 is 0 Å². The van der Waals surface area contributed by atoms with Gasteiger partial charge in [0.2, 0.25) is 5.89 Å². The van der Waals surface area contributed by atoms with Crippen LogP contribution in [0.25, 0.3) is 11.5 Å². The molecule has 1 atom stereocenters. The third-order valence-electron chi connectivity index (χ3n) is 5.79. The summed E-state index contributed by atoms with van der Waals surface area (Å²) in [5.41, 5.74) is 1.74. The van der Waals surface area contributed by atoms with E-state index in [0.717, 1.165) is 61.7 Å². The predicted octanol–water partition coefficient (Wildman–Crippen LogP) is 4.29. The summed E-state index contributed by atoms with van der Waals surface area (Å²) in [5, 5.41) is 10.4. The van der Waals surface area contributed by atoms with Gasteiger partial charge in [-0.3, -0.25) is 4.90 Å². The van der Waals surface area contributed by atoms with E-state index in [4.69, 9.17) is 18.9 Å². The lowest BCUT2D eigenvalue weighted by Gasteiger charge is -2.34. The van der Waals surface area contributed by atoms with Crippen LogP contribution < -0.4 is 9.47 Å². The van der Waals surface area contributed by atoms with Crippen LogP contribution in [0.2, 0.25) is 0 Å². The molecule has 6 heteroatoms. The third-order valence-corrected chi connectivity index (χ3v) is 5.79. The van der Waals surface area contributed by atoms with Crippen molar-refractivity contribution in [2.45, 2.75) is 52.7 Å². The first-order valence-electron chi connectivity index (χ1n) is 10.5. The van der Waals surface area contributed by atoms with Gasteiger partial charge in [-0.1, -0.05) is 13.8 Å². The van der Waals surface area contributed by atoms with Gasteiger partial charge in [0.25, 0.3) is 0 Å². The maximum atomic E-state index is 10.4. The lowest BCUT2D eigenvalue weighted by molar-refractivity contribution is 0.0433. The molecule has 0 bridgehead atoms. The molecule has 2 heterocycles. The van der Waals surface area contributed by atoms with E-state index in [1.54, 1.807) is 14.2 Å². The molecule has 0 radical (unpaired) electrons. The summed E-state index contributed by atoms with van der Waals surface area (Å²) < 4.78 is 16.8. The van der Waals surface area contributed by atoms with Crippen LogP contribution in [0.4, 0.5) is 0 Å². The van der Waals surface area contributed by atoms with Crippen LogP contribution in [0.3, 0.4) is 0 Å². The Bertz CT molecular complexity index is 794. The number of rotatable bonds is 8. The monoisotopic (exact) mass is 402 g/mol. The smallest absolute Gasteiger partial charge is 0.230 e. The van der Waals surface area contributed by atoms with Crippen LogP contribution in [0.15, 0.2) is 22.6 Å². The second-order valence-corrected chi connectivity index (χ2v) is 8.40. The highest BCUT2D eigenvalue weighted by Gasteiger charge is 2.27. The second kappa shape index (κ2) is 9.63. The quantitative estimate of drug-likeness (QED) is 0.711. The number of aryl methyl sites for hydroxylation is 1. The number of piperidine rings is 1. The number of oxazole rings is 1. The number of hydrogen-bond acceptors (Lipinski definition) is 6. The summed E-state index contributed by atoms with van der Waals surface area (Å²) in [4.78, 5) is 7.16. The Kier molecular flexibility index (Phi) is 7.19. The standard InChI is InChI=1S/C23H34N2O4/c1-15(2)12-21(26)17-8-10-25(11-9-17)14-20-16(3)29-23(24-20)19-13-18(27-4)6-7-22(19)28-5/h6-7,13,15,17,21,26H,8-12,14H2,1-5H3. The highest BCUT2D eigenvalue weighted by molar-refractivity contribution is 5.65. The van der Waals surface area contributed by atoms with Gasteiger partial charge < -0.3 is 19.0 Å². The minimum atomic E-state index is -0.182. The zero-order valence-electron chi connectivity index (χ0n) is 18.3. The van der Waals surface area contributed by atoms with Crippen LogP contribution in [0, 0.1) is 18.8 Å². The Hall–Kier alpha value is -2.05. The van der Waals surface area contributed by atoms with E-state index in [1.165, 1.54) is 0 Å². The van der Waals surface area contributed by atoms with Gasteiger partial charge >= 0.3 is 0 Å². The first-order chi connectivity index (χ1) is 13.9. The molecule has 0 spiro atoms. The molecule has 1 unspecified atom stereocenters. The van der Waals surface area contributed by atoms with Gasteiger partial charge in [0.05, 0.1) is 31.6 Å². The summed E-state index contributed by atoms with van der Waals surface area (Å²) >= 11 is 0. The lowest BCUT2D eigenvalue weighted by atomic mass is 9.87. The summed E-state index contributed by atoms with van der Waals surface area (Å²) in [6.45, 7) is 9.00. The Morgan fingerprint density at radius 1 is 1.21 bits per heavy atom. The molecule has 0 aliphatic carbocycles. The van der Waals surface area contributed by atoms with Gasteiger partial charge in [-0.2, -0.15) is 0 Å². The summed E-state index contributed by atoms with van der Waals surface area (Å²) in [5.74, 6) is 3.76. The molecule has 2 aromatic rings. The van der Waals surface area contributed by atoms with Crippen molar-refractivity contribution in [2.24, 2.45) is 11.8 Å². The molecule has 6 nitrogen and oxygen atoms in total. The number of aromatic nitrogens is 1. The molecule has 0 saturated carbocycles. The average molecular weight is 403 g/mol. The van der Waals surface area contributed by atoms with Crippen molar-refractivity contribution in [3.05, 3.63) is 29.7 Å². The minimum Gasteiger partial charge on any atom is -0.497 e. The number of ether oxygens (including phenoxy) is 2. The number of benzene rings is 1. The van der Waals surface area contributed by atoms with Crippen molar-refractivity contribution in [1.29, 1.82) is 0 Å². The number of hydrogen-bond donors (Lipinski definition) is 1.